The van der Waals surface area contributed by atoms with Gasteiger partial charge in [-0.15, -0.1) is 0 Å². The van der Waals surface area contributed by atoms with Crippen LogP contribution in [0.4, 0.5) is 5.69 Å². The largest absolute Gasteiger partial charge is 0.377 e. The van der Waals surface area contributed by atoms with Crippen molar-refractivity contribution in [2.24, 2.45) is 13.0 Å². The summed E-state index contributed by atoms with van der Waals surface area (Å²) in [5.41, 5.74) is 3.58. The minimum atomic E-state index is 0.136. The van der Waals surface area contributed by atoms with Gasteiger partial charge < -0.3 is 15.0 Å². The third-order valence-corrected chi connectivity index (χ3v) is 4.45. The van der Waals surface area contributed by atoms with Crippen molar-refractivity contribution in [3.8, 4) is 0 Å². The van der Waals surface area contributed by atoms with Gasteiger partial charge in [0.15, 0.2) is 0 Å². The van der Waals surface area contributed by atoms with Gasteiger partial charge in [0.2, 0.25) is 0 Å². The van der Waals surface area contributed by atoms with Crippen molar-refractivity contribution in [3.63, 3.8) is 0 Å². The van der Waals surface area contributed by atoms with Gasteiger partial charge in [-0.25, -0.2) is 0 Å². The predicted octanol–water partition coefficient (Wildman–Crippen LogP) is 1.75. The number of aryl methyl sites for hydroxylation is 1. The zero-order chi connectivity index (χ0) is 16.2. The van der Waals surface area contributed by atoms with Crippen molar-refractivity contribution in [2.75, 3.05) is 32.1 Å². The number of aromatic nitrogens is 3. The first-order valence-electron chi connectivity index (χ1n) is 8.07. The van der Waals surface area contributed by atoms with Gasteiger partial charge in [0.25, 0.3) is 0 Å². The standard InChI is InChI=1S/C17H25N5O/c1-21(2)15-4-7-18-11-14(15)12-19-10-13-6-9-23-17(13)16-5-8-20-22(16)3/h4-5,7-8,11,13,17,19H,6,9-10,12H2,1-3H3/t13-,17+/m0/s1. The van der Waals surface area contributed by atoms with E-state index in [0.29, 0.717) is 5.92 Å². The van der Waals surface area contributed by atoms with Crippen LogP contribution in [0, 0.1) is 5.92 Å². The maximum Gasteiger partial charge on any atom is 0.103 e. The van der Waals surface area contributed by atoms with E-state index in [1.54, 1.807) is 0 Å². The number of ether oxygens (including phenoxy) is 1. The van der Waals surface area contributed by atoms with Crippen LogP contribution in [-0.2, 0) is 18.3 Å². The molecule has 0 amide bonds. The fourth-order valence-corrected chi connectivity index (χ4v) is 3.22. The summed E-state index contributed by atoms with van der Waals surface area (Å²) in [7, 11) is 6.09. The number of nitrogens with one attached hydrogen (secondary N) is 1. The number of hydrogen-bond acceptors (Lipinski definition) is 5. The minimum absolute atomic E-state index is 0.136. The van der Waals surface area contributed by atoms with Crippen LogP contribution in [0.1, 0.15) is 23.8 Å². The average molecular weight is 315 g/mol. The Morgan fingerprint density at radius 3 is 2.96 bits per heavy atom. The molecule has 0 radical (unpaired) electrons. The van der Waals surface area contributed by atoms with Crippen LogP contribution in [-0.4, -0.2) is 42.0 Å². The lowest BCUT2D eigenvalue weighted by Crippen LogP contribution is -2.26. The summed E-state index contributed by atoms with van der Waals surface area (Å²) >= 11 is 0. The summed E-state index contributed by atoms with van der Waals surface area (Å²) in [6, 6.07) is 4.10. The van der Waals surface area contributed by atoms with E-state index in [2.05, 4.69) is 34.4 Å². The maximum absolute atomic E-state index is 5.93. The Balaban J connectivity index is 1.59. The monoisotopic (exact) mass is 315 g/mol. The van der Waals surface area contributed by atoms with E-state index in [1.165, 1.54) is 11.3 Å². The molecule has 3 rings (SSSR count). The molecule has 6 heteroatoms. The zero-order valence-electron chi connectivity index (χ0n) is 14.1. The van der Waals surface area contributed by atoms with Crippen molar-refractivity contribution in [3.05, 3.63) is 42.0 Å². The van der Waals surface area contributed by atoms with Gasteiger partial charge in [0.05, 0.1) is 5.69 Å². The average Bonchev–Trinajstić information content (AvgIpc) is 3.16. The fraction of sp³-hybridized carbons (Fsp3) is 0.529. The van der Waals surface area contributed by atoms with Crippen molar-refractivity contribution in [2.45, 2.75) is 19.1 Å². The van der Waals surface area contributed by atoms with Crippen molar-refractivity contribution in [1.82, 2.24) is 20.1 Å². The molecule has 1 aliphatic heterocycles. The number of rotatable bonds is 6. The summed E-state index contributed by atoms with van der Waals surface area (Å²) in [4.78, 5) is 6.36. The number of pyridine rings is 1. The molecule has 1 saturated heterocycles. The maximum atomic E-state index is 5.93. The summed E-state index contributed by atoms with van der Waals surface area (Å²) in [6.07, 6.45) is 6.82. The topological polar surface area (TPSA) is 55.2 Å². The Morgan fingerprint density at radius 1 is 1.35 bits per heavy atom. The quantitative estimate of drug-likeness (QED) is 0.880. The van der Waals surface area contributed by atoms with Crippen LogP contribution < -0.4 is 10.2 Å². The summed E-state index contributed by atoms with van der Waals surface area (Å²) in [6.45, 7) is 2.56. The molecule has 0 saturated carbocycles. The first-order chi connectivity index (χ1) is 11.2. The van der Waals surface area contributed by atoms with E-state index in [9.17, 15) is 0 Å². The highest BCUT2D eigenvalue weighted by Crippen LogP contribution is 2.33. The van der Waals surface area contributed by atoms with Crippen LogP contribution in [0.15, 0.2) is 30.7 Å². The van der Waals surface area contributed by atoms with Gasteiger partial charge in [0.1, 0.15) is 6.10 Å². The van der Waals surface area contributed by atoms with Crippen LogP contribution >= 0.6 is 0 Å². The first kappa shape index (κ1) is 16.0. The molecule has 2 aromatic heterocycles. The number of nitrogens with zero attached hydrogens (tertiary/aromatic N) is 4. The third-order valence-electron chi connectivity index (χ3n) is 4.45. The zero-order valence-corrected chi connectivity index (χ0v) is 14.1. The van der Waals surface area contributed by atoms with Gasteiger partial charge in [-0.1, -0.05) is 0 Å². The minimum Gasteiger partial charge on any atom is -0.377 e. The van der Waals surface area contributed by atoms with Gasteiger partial charge in [-0.3, -0.25) is 9.67 Å². The number of hydrogen-bond donors (Lipinski definition) is 1. The van der Waals surface area contributed by atoms with Crippen molar-refractivity contribution < 1.29 is 4.74 Å². The molecular weight excluding hydrogens is 290 g/mol. The van der Waals surface area contributed by atoms with Crippen LogP contribution in [0.3, 0.4) is 0 Å². The van der Waals surface area contributed by atoms with E-state index in [0.717, 1.165) is 31.8 Å². The third kappa shape index (κ3) is 3.54. The highest BCUT2D eigenvalue weighted by atomic mass is 16.5. The molecule has 1 N–H and O–H groups in total. The Kier molecular flexibility index (Phi) is 4.93. The molecule has 6 nitrogen and oxygen atoms in total. The molecule has 0 bridgehead atoms. The second-order valence-electron chi connectivity index (χ2n) is 6.25. The first-order valence-corrected chi connectivity index (χ1v) is 8.07. The highest BCUT2D eigenvalue weighted by Gasteiger charge is 2.31. The highest BCUT2D eigenvalue weighted by molar-refractivity contribution is 5.50. The summed E-state index contributed by atoms with van der Waals surface area (Å²) < 4.78 is 7.85. The molecule has 0 spiro atoms. The summed E-state index contributed by atoms with van der Waals surface area (Å²) in [5, 5.41) is 7.83. The van der Waals surface area contributed by atoms with Crippen molar-refractivity contribution in [1.29, 1.82) is 0 Å². The molecule has 23 heavy (non-hydrogen) atoms. The van der Waals surface area contributed by atoms with Crippen molar-refractivity contribution >= 4 is 5.69 Å². The Hall–Kier alpha value is -1.92. The van der Waals surface area contributed by atoms with Gasteiger partial charge in [-0.05, 0) is 18.6 Å². The molecule has 0 aliphatic carbocycles. The lowest BCUT2D eigenvalue weighted by molar-refractivity contribution is 0.0838. The molecule has 124 valence electrons. The lowest BCUT2D eigenvalue weighted by Gasteiger charge is -2.21. The molecule has 0 aromatic carbocycles. The smallest absolute Gasteiger partial charge is 0.103 e. The van der Waals surface area contributed by atoms with E-state index in [1.807, 2.05) is 42.5 Å². The molecule has 2 atom stereocenters. The molecule has 0 unspecified atom stereocenters. The van der Waals surface area contributed by atoms with Gasteiger partial charge in [0, 0.05) is 76.6 Å². The fourth-order valence-electron chi connectivity index (χ4n) is 3.22. The van der Waals surface area contributed by atoms with Crippen LogP contribution in [0.2, 0.25) is 0 Å². The Morgan fingerprint density at radius 2 is 2.22 bits per heavy atom. The number of anilines is 1. The van der Waals surface area contributed by atoms with E-state index in [-0.39, 0.29) is 6.10 Å². The van der Waals surface area contributed by atoms with E-state index in [4.69, 9.17) is 4.74 Å². The van der Waals surface area contributed by atoms with Gasteiger partial charge in [-0.2, -0.15) is 5.10 Å². The summed E-state index contributed by atoms with van der Waals surface area (Å²) in [5.74, 6) is 0.477. The van der Waals surface area contributed by atoms with E-state index < -0.39 is 0 Å². The van der Waals surface area contributed by atoms with Crippen LogP contribution in [0.5, 0.6) is 0 Å². The SMILES string of the molecule is CN(C)c1ccncc1CNC[C@@H]1CCO[C@H]1c1ccnn1C. The lowest BCUT2D eigenvalue weighted by atomic mass is 9.99. The van der Waals surface area contributed by atoms with Gasteiger partial charge >= 0.3 is 0 Å². The predicted molar refractivity (Wildman–Crippen MR) is 90.3 cm³/mol. The molecule has 1 aliphatic rings. The molecule has 2 aromatic rings. The van der Waals surface area contributed by atoms with E-state index >= 15 is 0 Å². The Labute approximate surface area is 137 Å². The second-order valence-corrected chi connectivity index (χ2v) is 6.25. The Bertz CT molecular complexity index is 639. The second kappa shape index (κ2) is 7.10. The van der Waals surface area contributed by atoms with Crippen LogP contribution in [0.25, 0.3) is 0 Å². The normalized spacial score (nSPS) is 20.8. The molecular formula is C17H25N5O. The molecule has 1 fully saturated rings. The molecule has 3 heterocycles.